The largest absolute Gasteiger partial charge is 0.298 e. The van der Waals surface area contributed by atoms with Crippen LogP contribution in [0.4, 0.5) is 0 Å². The van der Waals surface area contributed by atoms with Gasteiger partial charge in [0.15, 0.2) is 9.84 Å². The summed E-state index contributed by atoms with van der Waals surface area (Å²) >= 11 is 17.3. The van der Waals surface area contributed by atoms with Crippen LogP contribution in [0.3, 0.4) is 0 Å². The van der Waals surface area contributed by atoms with Crippen molar-refractivity contribution in [2.24, 2.45) is 0 Å². The summed E-state index contributed by atoms with van der Waals surface area (Å²) in [5, 5.41) is 1.03. The number of benzene rings is 4. The van der Waals surface area contributed by atoms with Gasteiger partial charge in [0, 0.05) is 16.3 Å². The molecule has 0 N–H and O–H groups in total. The van der Waals surface area contributed by atoms with Gasteiger partial charge in [0.1, 0.15) is 4.90 Å². The fraction of sp³-hybridized carbons (Fsp3) is 0.400. The Morgan fingerprint density at radius 1 is 0.463 bits per heavy atom. The average Bonchev–Trinajstić information content (AvgIpc) is 3.15. The average molecular weight is 874 g/mol. The van der Waals surface area contributed by atoms with Gasteiger partial charge in [0.05, 0.1) is 30.4 Å². The van der Waals surface area contributed by atoms with Crippen LogP contribution in [0.1, 0.15) is 77.6 Å². The molecule has 4 rings (SSSR count). The van der Waals surface area contributed by atoms with Crippen LogP contribution < -0.4 is 0 Å². The lowest BCUT2D eigenvalue weighted by molar-refractivity contribution is 0.397. The molecule has 0 amide bonds. The van der Waals surface area contributed by atoms with Crippen LogP contribution in [-0.2, 0) is 38.4 Å². The summed E-state index contributed by atoms with van der Waals surface area (Å²) in [5.41, 5.74) is 4.14. The third kappa shape index (κ3) is 31.8. The molecule has 0 atom stereocenters. The molecule has 0 fully saturated rings. The highest BCUT2D eigenvalue weighted by molar-refractivity contribution is 7.90. The number of aryl methyl sites for hydroxylation is 4. The Morgan fingerprint density at radius 3 is 1.07 bits per heavy atom. The third-order valence-electron chi connectivity index (χ3n) is 5.44. The molecule has 310 valence electrons. The summed E-state index contributed by atoms with van der Waals surface area (Å²) in [4.78, 5) is 0.196. The van der Waals surface area contributed by atoms with Crippen molar-refractivity contribution in [2.75, 3.05) is 26.7 Å². The molecule has 4 aromatic rings. The van der Waals surface area contributed by atoms with Gasteiger partial charge in [-0.05, 0) is 69.2 Å². The van der Waals surface area contributed by atoms with Crippen LogP contribution in [0.25, 0.3) is 0 Å². The van der Waals surface area contributed by atoms with Crippen molar-refractivity contribution in [1.29, 1.82) is 0 Å². The van der Waals surface area contributed by atoms with E-state index >= 15 is 0 Å². The first-order valence-corrected chi connectivity index (χ1v) is 23.4. The van der Waals surface area contributed by atoms with E-state index in [0.717, 1.165) is 26.0 Å². The monoisotopic (exact) mass is 872 g/mol. The van der Waals surface area contributed by atoms with Crippen molar-refractivity contribution in [3.8, 4) is 0 Å². The van der Waals surface area contributed by atoms with Crippen LogP contribution >= 0.6 is 34.8 Å². The molecule has 0 radical (unpaired) electrons. The number of hydrogen-bond acceptors (Lipinski definition) is 8. The van der Waals surface area contributed by atoms with E-state index in [2.05, 4.69) is 46.5 Å². The Kier molecular flexibility index (Phi) is 39.3. The first kappa shape index (κ1) is 60.8. The molecule has 0 spiro atoms. The summed E-state index contributed by atoms with van der Waals surface area (Å²) in [6.45, 7) is 23.7. The quantitative estimate of drug-likeness (QED) is 0.186. The lowest BCUT2D eigenvalue weighted by Crippen LogP contribution is -2.03. The van der Waals surface area contributed by atoms with Crippen molar-refractivity contribution in [2.45, 2.75) is 92.9 Å². The molecule has 0 aliphatic rings. The van der Waals surface area contributed by atoms with E-state index in [1.54, 1.807) is 26.0 Å². The summed E-state index contributed by atoms with van der Waals surface area (Å²) in [5.74, 6) is 0. The zero-order chi connectivity index (χ0) is 43.7. The number of halogens is 3. The van der Waals surface area contributed by atoms with Crippen LogP contribution in [0.15, 0.2) is 101 Å². The van der Waals surface area contributed by atoms with E-state index in [-0.39, 0.29) is 9.92 Å². The van der Waals surface area contributed by atoms with Gasteiger partial charge in [0.2, 0.25) is 0 Å². The third-order valence-corrected chi connectivity index (χ3v) is 9.73. The molecule has 0 heterocycles. The van der Waals surface area contributed by atoms with E-state index in [4.69, 9.17) is 34.8 Å². The van der Waals surface area contributed by atoms with Gasteiger partial charge < -0.3 is 0 Å². The van der Waals surface area contributed by atoms with Gasteiger partial charge >= 0.3 is 0 Å². The number of sulfone groups is 1. The van der Waals surface area contributed by atoms with Crippen molar-refractivity contribution in [3.05, 3.63) is 128 Å². The smallest absolute Gasteiger partial charge is 0.274 e. The second kappa shape index (κ2) is 35.0. The highest BCUT2D eigenvalue weighted by atomic mass is 35.5. The summed E-state index contributed by atoms with van der Waals surface area (Å²) in [7, 11) is -7.86. The molecule has 0 saturated carbocycles. The zero-order valence-corrected chi connectivity index (χ0v) is 39.5. The van der Waals surface area contributed by atoms with E-state index in [0.29, 0.717) is 20.5 Å². The molecule has 8 nitrogen and oxygen atoms in total. The van der Waals surface area contributed by atoms with Gasteiger partial charge in [-0.1, -0.05) is 162 Å². The second-order valence-electron chi connectivity index (χ2n) is 9.52. The van der Waals surface area contributed by atoms with Crippen LogP contribution in [-0.4, -0.2) is 52.0 Å². The standard InChI is InChI=1S/C8H8Cl2O3S.C8H9ClO2S.2C7H8.C2H6O3S.4C2H6/c1-5-3-7(10)8(4-6(5)9)14(11,12)13-2;1-6-5-7(12(2,10)11)3-4-8(6)9;2*1-7-5-3-2-4-6-7;1-5-6(2,3)4;4*1-2/h3-4H,1-2H3;3-5H,1-2H3;2*2-6H,1H3;1-2H3;4*1-2H3. The van der Waals surface area contributed by atoms with Gasteiger partial charge in [-0.15, -0.1) is 0 Å². The van der Waals surface area contributed by atoms with Gasteiger partial charge in [-0.25, -0.2) is 8.42 Å². The lowest BCUT2D eigenvalue weighted by atomic mass is 10.2. The second-order valence-corrected chi connectivity index (χ2v) is 16.2. The fourth-order valence-electron chi connectivity index (χ4n) is 2.83. The summed E-state index contributed by atoms with van der Waals surface area (Å²) < 4.78 is 72.5. The van der Waals surface area contributed by atoms with Crippen molar-refractivity contribution < 1.29 is 33.6 Å². The van der Waals surface area contributed by atoms with E-state index in [1.165, 1.54) is 35.6 Å². The van der Waals surface area contributed by atoms with E-state index in [9.17, 15) is 25.3 Å². The van der Waals surface area contributed by atoms with Crippen LogP contribution in [0, 0.1) is 27.7 Å². The Labute approximate surface area is 344 Å². The zero-order valence-electron chi connectivity index (χ0n) is 34.8. The highest BCUT2D eigenvalue weighted by Crippen LogP contribution is 2.29. The van der Waals surface area contributed by atoms with Crippen molar-refractivity contribution in [3.63, 3.8) is 0 Å². The minimum atomic E-state index is -3.78. The molecule has 0 bridgehead atoms. The highest BCUT2D eigenvalue weighted by Gasteiger charge is 2.18. The normalized spacial score (nSPS) is 9.61. The Bertz CT molecular complexity index is 1800. The maximum atomic E-state index is 11.3. The van der Waals surface area contributed by atoms with Gasteiger partial charge in [-0.3, -0.25) is 8.37 Å². The summed E-state index contributed by atoms with van der Waals surface area (Å²) in [6, 6.07) is 27.9. The minimum Gasteiger partial charge on any atom is -0.274 e. The Hall–Kier alpha value is -2.48. The van der Waals surface area contributed by atoms with Crippen molar-refractivity contribution in [1.82, 2.24) is 0 Å². The van der Waals surface area contributed by atoms with Crippen molar-refractivity contribution >= 4 is 64.9 Å². The molecule has 4 aromatic carbocycles. The molecule has 0 unspecified atom stereocenters. The van der Waals surface area contributed by atoms with E-state index in [1.807, 2.05) is 91.8 Å². The number of rotatable bonds is 4. The number of hydrogen-bond donors (Lipinski definition) is 0. The molecule has 0 aromatic heterocycles. The maximum Gasteiger partial charge on any atom is 0.298 e. The maximum absolute atomic E-state index is 11.3. The fourth-order valence-corrected chi connectivity index (χ4v) is 5.12. The summed E-state index contributed by atoms with van der Waals surface area (Å²) in [6.07, 6.45) is 2.17. The Morgan fingerprint density at radius 2 is 0.815 bits per heavy atom. The molecule has 0 aliphatic heterocycles. The predicted octanol–water partition coefficient (Wildman–Crippen LogP) is 12.4. The molecule has 0 aliphatic carbocycles. The molecule has 54 heavy (non-hydrogen) atoms. The van der Waals surface area contributed by atoms with E-state index < -0.39 is 30.1 Å². The molecule has 14 heteroatoms. The minimum absolute atomic E-state index is 0.105. The topological polar surface area (TPSA) is 121 Å². The lowest BCUT2D eigenvalue weighted by Gasteiger charge is -2.06. The van der Waals surface area contributed by atoms with Gasteiger partial charge in [-0.2, -0.15) is 16.8 Å². The SMILES string of the molecule is CC.CC.CC.CC.COS(=O)(=O)c1cc(Cl)c(C)cc1Cl.COS(C)(=O)=O.Cc1cc(S(C)(=O)=O)ccc1Cl.Cc1ccccc1.Cc1ccccc1. The Balaban J connectivity index is -0.000000182. The van der Waals surface area contributed by atoms with Crippen LogP contribution in [0.5, 0.6) is 0 Å². The first-order valence-electron chi connectivity index (χ1n) is 17.2. The van der Waals surface area contributed by atoms with Crippen LogP contribution in [0.2, 0.25) is 15.1 Å². The first-order chi connectivity index (χ1) is 25.1. The predicted molar refractivity (Wildman–Crippen MR) is 234 cm³/mol. The molecule has 0 saturated heterocycles. The molecular weight excluding hydrogens is 811 g/mol. The van der Waals surface area contributed by atoms with Gasteiger partial charge in [0.25, 0.3) is 20.2 Å². The molecular formula is C40H63Cl3O8S3.